The van der Waals surface area contributed by atoms with Crippen LogP contribution in [0.3, 0.4) is 0 Å². The first-order valence-corrected chi connectivity index (χ1v) is 10.8. The lowest BCUT2D eigenvalue weighted by Gasteiger charge is -2.26. The molecule has 2 aromatic rings. The van der Waals surface area contributed by atoms with E-state index in [1.807, 2.05) is 12.1 Å². The number of ether oxygens (including phenoxy) is 3. The highest BCUT2D eigenvalue weighted by Gasteiger charge is 2.29. The summed E-state index contributed by atoms with van der Waals surface area (Å²) in [6, 6.07) is 9.46. The molecule has 0 saturated carbocycles. The molecular weight excluding hydrogens is 414 g/mol. The fraction of sp³-hybridized carbons (Fsp3) is 0.368. The molecule has 2 aromatic carbocycles. The minimum Gasteiger partial charge on any atom is -0.454 e. The quantitative estimate of drug-likeness (QED) is 0.500. The van der Waals surface area contributed by atoms with Gasteiger partial charge in [-0.05, 0) is 29.8 Å². The second kappa shape index (κ2) is 8.09. The Bertz CT molecular complexity index is 1070. The highest BCUT2D eigenvalue weighted by atomic mass is 32.2. The lowest BCUT2D eigenvalue weighted by atomic mass is 10.1. The summed E-state index contributed by atoms with van der Waals surface area (Å²) in [7, 11) is -2.11. The zero-order valence-corrected chi connectivity index (χ0v) is 17.1. The Hall–Kier alpha value is -2.89. The molecular formula is C19H21N3O7S. The molecule has 11 heteroatoms. The van der Waals surface area contributed by atoms with Gasteiger partial charge in [0.2, 0.25) is 16.8 Å². The average Bonchev–Trinajstić information content (AvgIpc) is 3.21. The molecule has 0 aliphatic carbocycles. The number of rotatable bonds is 6. The van der Waals surface area contributed by atoms with Crippen LogP contribution in [0, 0.1) is 10.1 Å². The summed E-state index contributed by atoms with van der Waals surface area (Å²) >= 11 is 0. The Labute approximate surface area is 173 Å². The zero-order valence-electron chi connectivity index (χ0n) is 16.3. The van der Waals surface area contributed by atoms with Crippen molar-refractivity contribution in [3.63, 3.8) is 0 Å². The van der Waals surface area contributed by atoms with Crippen LogP contribution >= 0.6 is 0 Å². The molecule has 2 heterocycles. The Morgan fingerprint density at radius 3 is 2.57 bits per heavy atom. The average molecular weight is 435 g/mol. The van der Waals surface area contributed by atoms with E-state index < -0.39 is 14.9 Å². The lowest BCUT2D eigenvalue weighted by molar-refractivity contribution is -0.384. The van der Waals surface area contributed by atoms with E-state index in [0.29, 0.717) is 36.9 Å². The van der Waals surface area contributed by atoms with Crippen molar-refractivity contribution < 1.29 is 27.6 Å². The predicted octanol–water partition coefficient (Wildman–Crippen LogP) is 1.98. The van der Waals surface area contributed by atoms with Crippen LogP contribution in [-0.2, 0) is 21.3 Å². The second-order valence-electron chi connectivity index (χ2n) is 6.97. The highest BCUT2D eigenvalue weighted by molar-refractivity contribution is 7.89. The Morgan fingerprint density at radius 2 is 1.83 bits per heavy atom. The van der Waals surface area contributed by atoms with Crippen LogP contribution in [0.1, 0.15) is 5.56 Å². The fourth-order valence-electron chi connectivity index (χ4n) is 3.47. The van der Waals surface area contributed by atoms with Gasteiger partial charge in [0.05, 0.1) is 23.0 Å². The number of benzene rings is 2. The number of morpholine rings is 1. The number of nitro groups is 1. The van der Waals surface area contributed by atoms with Crippen molar-refractivity contribution in [2.24, 2.45) is 0 Å². The summed E-state index contributed by atoms with van der Waals surface area (Å²) in [5.41, 5.74) is 0.923. The van der Waals surface area contributed by atoms with E-state index in [0.717, 1.165) is 11.6 Å². The van der Waals surface area contributed by atoms with Crippen LogP contribution in [0.2, 0.25) is 0 Å². The van der Waals surface area contributed by atoms with Crippen LogP contribution in [0.15, 0.2) is 41.3 Å². The van der Waals surface area contributed by atoms with Gasteiger partial charge in [0.1, 0.15) is 5.69 Å². The third-order valence-electron chi connectivity index (χ3n) is 5.02. The normalized spacial score (nSPS) is 16.4. The van der Waals surface area contributed by atoms with E-state index in [-0.39, 0.29) is 30.5 Å². The van der Waals surface area contributed by atoms with Gasteiger partial charge in [-0.25, -0.2) is 8.42 Å². The minimum atomic E-state index is -3.83. The first-order valence-electron chi connectivity index (χ1n) is 9.32. The molecule has 0 aromatic heterocycles. The molecule has 30 heavy (non-hydrogen) atoms. The molecule has 0 spiro atoms. The van der Waals surface area contributed by atoms with E-state index >= 15 is 0 Å². The van der Waals surface area contributed by atoms with Crippen molar-refractivity contribution in [2.75, 3.05) is 45.0 Å². The lowest BCUT2D eigenvalue weighted by Crippen LogP contribution is -2.40. The van der Waals surface area contributed by atoms with Gasteiger partial charge in [0.15, 0.2) is 11.5 Å². The summed E-state index contributed by atoms with van der Waals surface area (Å²) in [6.45, 7) is 1.59. The monoisotopic (exact) mass is 435 g/mol. The van der Waals surface area contributed by atoms with Gasteiger partial charge in [-0.1, -0.05) is 6.07 Å². The molecule has 0 radical (unpaired) electrons. The number of hydrogen-bond donors (Lipinski definition) is 0. The smallest absolute Gasteiger partial charge is 0.293 e. The first-order chi connectivity index (χ1) is 14.4. The molecule has 0 unspecified atom stereocenters. The number of nitro benzene ring substituents is 1. The molecule has 0 bridgehead atoms. The van der Waals surface area contributed by atoms with Crippen LogP contribution in [0.25, 0.3) is 0 Å². The van der Waals surface area contributed by atoms with E-state index in [9.17, 15) is 18.5 Å². The molecule has 4 rings (SSSR count). The predicted molar refractivity (Wildman–Crippen MR) is 107 cm³/mol. The van der Waals surface area contributed by atoms with Gasteiger partial charge in [-0.3, -0.25) is 10.1 Å². The third-order valence-corrected chi connectivity index (χ3v) is 6.91. The summed E-state index contributed by atoms with van der Waals surface area (Å²) in [5, 5.41) is 11.7. The van der Waals surface area contributed by atoms with Crippen LogP contribution in [0.4, 0.5) is 11.4 Å². The molecule has 2 aliphatic rings. The highest BCUT2D eigenvalue weighted by Crippen LogP contribution is 2.35. The molecule has 1 saturated heterocycles. The van der Waals surface area contributed by atoms with E-state index in [4.69, 9.17) is 14.2 Å². The van der Waals surface area contributed by atoms with Gasteiger partial charge in [0.25, 0.3) is 5.69 Å². The molecule has 1 fully saturated rings. The van der Waals surface area contributed by atoms with Crippen molar-refractivity contribution >= 4 is 21.4 Å². The molecule has 0 amide bonds. The zero-order chi connectivity index (χ0) is 21.3. The summed E-state index contributed by atoms with van der Waals surface area (Å²) in [6.07, 6.45) is 0. The number of sulfonamides is 1. The van der Waals surface area contributed by atoms with Crippen molar-refractivity contribution in [3.8, 4) is 11.5 Å². The van der Waals surface area contributed by atoms with Gasteiger partial charge in [-0.15, -0.1) is 0 Å². The Balaban J connectivity index is 1.61. The summed E-state index contributed by atoms with van der Waals surface area (Å²) < 4.78 is 42.8. The van der Waals surface area contributed by atoms with Crippen molar-refractivity contribution in [3.05, 3.63) is 52.1 Å². The number of fused-ring (bicyclic) bond motifs is 1. The summed E-state index contributed by atoms with van der Waals surface area (Å²) in [5.74, 6) is 1.28. The SMILES string of the molecule is CN(Cc1ccc2c(c1)OCO2)c1ccc(S(=O)(=O)N2CCOCC2)cc1[N+](=O)[O-]. The van der Waals surface area contributed by atoms with Crippen LogP contribution in [-0.4, -0.2) is 57.8 Å². The Kier molecular flexibility index (Phi) is 5.50. The molecule has 0 atom stereocenters. The fourth-order valence-corrected chi connectivity index (χ4v) is 4.90. The number of nitrogens with zero attached hydrogens (tertiary/aromatic N) is 3. The Morgan fingerprint density at radius 1 is 1.10 bits per heavy atom. The van der Waals surface area contributed by atoms with E-state index in [1.165, 1.54) is 16.4 Å². The first kappa shape index (κ1) is 20.4. The van der Waals surface area contributed by atoms with Crippen molar-refractivity contribution in [1.29, 1.82) is 0 Å². The van der Waals surface area contributed by atoms with E-state index in [1.54, 1.807) is 18.0 Å². The van der Waals surface area contributed by atoms with Crippen molar-refractivity contribution in [2.45, 2.75) is 11.4 Å². The standard InChI is InChI=1S/C19H21N3O7S/c1-20(12-14-2-5-18-19(10-14)29-13-28-18)16-4-3-15(11-17(16)22(23)24)30(25,26)21-6-8-27-9-7-21/h2-5,10-11H,6-9,12-13H2,1H3. The molecule has 2 aliphatic heterocycles. The van der Waals surface area contributed by atoms with Crippen molar-refractivity contribution in [1.82, 2.24) is 4.31 Å². The van der Waals surface area contributed by atoms with Gasteiger partial charge in [0, 0.05) is 32.7 Å². The maximum Gasteiger partial charge on any atom is 0.293 e. The van der Waals surface area contributed by atoms with Gasteiger partial charge >= 0.3 is 0 Å². The second-order valence-corrected chi connectivity index (χ2v) is 8.91. The largest absolute Gasteiger partial charge is 0.454 e. The van der Waals surface area contributed by atoms with Crippen LogP contribution < -0.4 is 14.4 Å². The summed E-state index contributed by atoms with van der Waals surface area (Å²) in [4.78, 5) is 12.7. The maximum atomic E-state index is 12.9. The molecule has 10 nitrogen and oxygen atoms in total. The molecule has 160 valence electrons. The number of anilines is 1. The minimum absolute atomic E-state index is 0.101. The van der Waals surface area contributed by atoms with Crippen LogP contribution in [0.5, 0.6) is 11.5 Å². The van der Waals surface area contributed by atoms with Gasteiger partial charge in [-0.2, -0.15) is 4.31 Å². The number of hydrogen-bond acceptors (Lipinski definition) is 8. The van der Waals surface area contributed by atoms with Gasteiger partial charge < -0.3 is 19.1 Å². The molecule has 0 N–H and O–H groups in total. The van der Waals surface area contributed by atoms with E-state index in [2.05, 4.69) is 0 Å². The maximum absolute atomic E-state index is 12.9. The third kappa shape index (κ3) is 3.91. The topological polar surface area (TPSA) is 111 Å².